The number of aromatic nitrogens is 2. The van der Waals surface area contributed by atoms with Crippen molar-refractivity contribution in [1.29, 1.82) is 0 Å². The zero-order valence-corrected chi connectivity index (χ0v) is 10.7. The third-order valence-electron chi connectivity index (χ3n) is 2.91. The minimum Gasteiger partial charge on any atom is -0.340 e. The van der Waals surface area contributed by atoms with Crippen molar-refractivity contribution < 1.29 is 0 Å². The molecule has 0 atom stereocenters. The van der Waals surface area contributed by atoms with Crippen LogP contribution in [0.1, 0.15) is 26.5 Å². The predicted octanol–water partition coefficient (Wildman–Crippen LogP) is 0.477. The summed E-state index contributed by atoms with van der Waals surface area (Å²) in [6, 6.07) is 1.59. The molecule has 1 saturated heterocycles. The number of nitrogens with one attached hydrogen (secondary N) is 2. The lowest BCUT2D eigenvalue weighted by Crippen LogP contribution is -2.45. The first-order valence-electron chi connectivity index (χ1n) is 6.04. The fourth-order valence-electron chi connectivity index (χ4n) is 1.86. The lowest BCUT2D eigenvalue weighted by molar-refractivity contribution is 0.551. The minimum atomic E-state index is -0.100. The second kappa shape index (κ2) is 4.49. The molecule has 1 fully saturated rings. The van der Waals surface area contributed by atoms with E-state index in [1.807, 2.05) is 0 Å². The summed E-state index contributed by atoms with van der Waals surface area (Å²) >= 11 is 0. The maximum Gasteiger partial charge on any atom is 0.252 e. The van der Waals surface area contributed by atoms with Crippen molar-refractivity contribution >= 4 is 5.95 Å². The Hall–Kier alpha value is -1.36. The Balaban J connectivity index is 2.34. The predicted molar refractivity (Wildman–Crippen MR) is 68.6 cm³/mol. The highest BCUT2D eigenvalue weighted by molar-refractivity contribution is 5.32. The van der Waals surface area contributed by atoms with Crippen LogP contribution >= 0.6 is 0 Å². The van der Waals surface area contributed by atoms with Crippen molar-refractivity contribution in [3.63, 3.8) is 0 Å². The first kappa shape index (κ1) is 12.1. The van der Waals surface area contributed by atoms with Crippen LogP contribution in [0.15, 0.2) is 10.9 Å². The summed E-state index contributed by atoms with van der Waals surface area (Å²) in [6.07, 6.45) is 0. The first-order valence-corrected chi connectivity index (χ1v) is 6.04. The molecule has 0 radical (unpaired) electrons. The molecule has 0 saturated carbocycles. The average molecular weight is 236 g/mol. The Labute approximate surface area is 101 Å². The van der Waals surface area contributed by atoms with Gasteiger partial charge in [-0.25, -0.2) is 4.98 Å². The number of aromatic amines is 1. The molecule has 0 unspecified atom stereocenters. The van der Waals surface area contributed by atoms with Gasteiger partial charge in [-0.15, -0.1) is 0 Å². The number of piperazine rings is 1. The second-order valence-corrected chi connectivity index (χ2v) is 5.44. The average Bonchev–Trinajstić information content (AvgIpc) is 2.28. The molecule has 2 N–H and O–H groups in total. The Morgan fingerprint density at radius 1 is 1.29 bits per heavy atom. The van der Waals surface area contributed by atoms with Crippen molar-refractivity contribution in [2.75, 3.05) is 31.1 Å². The van der Waals surface area contributed by atoms with Crippen LogP contribution in [-0.2, 0) is 5.41 Å². The third kappa shape index (κ3) is 2.85. The maximum atomic E-state index is 11.7. The molecule has 17 heavy (non-hydrogen) atoms. The Kier molecular flexibility index (Phi) is 3.19. The summed E-state index contributed by atoms with van der Waals surface area (Å²) in [5, 5.41) is 3.28. The molecule has 0 spiro atoms. The smallest absolute Gasteiger partial charge is 0.252 e. The van der Waals surface area contributed by atoms with E-state index >= 15 is 0 Å². The van der Waals surface area contributed by atoms with E-state index in [-0.39, 0.29) is 11.0 Å². The van der Waals surface area contributed by atoms with Crippen LogP contribution in [-0.4, -0.2) is 36.1 Å². The number of hydrogen-bond donors (Lipinski definition) is 2. The number of H-pyrrole nitrogens is 1. The fourth-order valence-corrected chi connectivity index (χ4v) is 1.86. The molecule has 2 heterocycles. The first-order chi connectivity index (χ1) is 7.97. The Morgan fingerprint density at radius 2 is 1.94 bits per heavy atom. The van der Waals surface area contributed by atoms with Crippen LogP contribution < -0.4 is 15.8 Å². The topological polar surface area (TPSA) is 61.0 Å². The van der Waals surface area contributed by atoms with Gasteiger partial charge in [0, 0.05) is 37.7 Å². The van der Waals surface area contributed by atoms with Gasteiger partial charge in [0.15, 0.2) is 0 Å². The van der Waals surface area contributed by atoms with Crippen molar-refractivity contribution in [1.82, 2.24) is 15.3 Å². The summed E-state index contributed by atoms with van der Waals surface area (Å²) in [7, 11) is 0. The van der Waals surface area contributed by atoms with Gasteiger partial charge < -0.3 is 10.2 Å². The standard InChI is InChI=1S/C12H20N4O/c1-12(2,3)9-8-10(17)15-11(14-9)16-6-4-13-5-7-16/h8,13H,4-7H2,1-3H3,(H,14,15,17). The number of rotatable bonds is 1. The molecule has 1 aromatic heterocycles. The van der Waals surface area contributed by atoms with E-state index in [1.54, 1.807) is 6.07 Å². The van der Waals surface area contributed by atoms with Crippen molar-refractivity contribution in [2.24, 2.45) is 0 Å². The number of anilines is 1. The van der Waals surface area contributed by atoms with Gasteiger partial charge >= 0.3 is 0 Å². The van der Waals surface area contributed by atoms with E-state index in [0.717, 1.165) is 31.9 Å². The van der Waals surface area contributed by atoms with Gasteiger partial charge in [0.2, 0.25) is 5.95 Å². The normalized spacial score (nSPS) is 17.2. The monoisotopic (exact) mass is 236 g/mol. The molecule has 0 bridgehead atoms. The summed E-state index contributed by atoms with van der Waals surface area (Å²) < 4.78 is 0. The SMILES string of the molecule is CC(C)(C)c1cc(=O)[nH]c(N2CCNCC2)n1. The molecular weight excluding hydrogens is 216 g/mol. The van der Waals surface area contributed by atoms with Gasteiger partial charge in [0.25, 0.3) is 5.56 Å². The van der Waals surface area contributed by atoms with Crippen LogP contribution in [0.4, 0.5) is 5.95 Å². The van der Waals surface area contributed by atoms with E-state index in [2.05, 4.69) is 41.0 Å². The Bertz CT molecular complexity index is 441. The zero-order valence-electron chi connectivity index (χ0n) is 10.7. The summed E-state index contributed by atoms with van der Waals surface area (Å²) in [5.74, 6) is 0.698. The Morgan fingerprint density at radius 3 is 2.53 bits per heavy atom. The number of nitrogens with zero attached hydrogens (tertiary/aromatic N) is 2. The molecular formula is C12H20N4O. The third-order valence-corrected chi connectivity index (χ3v) is 2.91. The van der Waals surface area contributed by atoms with E-state index in [0.29, 0.717) is 5.95 Å². The molecule has 2 rings (SSSR count). The quantitative estimate of drug-likeness (QED) is 0.744. The van der Waals surface area contributed by atoms with Crippen LogP contribution in [0.5, 0.6) is 0 Å². The van der Waals surface area contributed by atoms with Crippen LogP contribution in [0, 0.1) is 0 Å². The molecule has 1 aliphatic rings. The van der Waals surface area contributed by atoms with E-state index < -0.39 is 0 Å². The highest BCUT2D eigenvalue weighted by Gasteiger charge is 2.19. The summed E-state index contributed by atoms with van der Waals surface area (Å²) in [4.78, 5) is 21.2. The second-order valence-electron chi connectivity index (χ2n) is 5.44. The molecule has 94 valence electrons. The maximum absolute atomic E-state index is 11.7. The highest BCUT2D eigenvalue weighted by Crippen LogP contribution is 2.20. The van der Waals surface area contributed by atoms with Gasteiger partial charge in [-0.2, -0.15) is 0 Å². The lowest BCUT2D eigenvalue weighted by Gasteiger charge is -2.29. The van der Waals surface area contributed by atoms with Crippen molar-refractivity contribution in [3.05, 3.63) is 22.1 Å². The number of hydrogen-bond acceptors (Lipinski definition) is 4. The zero-order chi connectivity index (χ0) is 12.5. The molecule has 0 amide bonds. The van der Waals surface area contributed by atoms with Crippen LogP contribution in [0.25, 0.3) is 0 Å². The summed E-state index contributed by atoms with van der Waals surface area (Å²) in [6.45, 7) is 9.84. The summed E-state index contributed by atoms with van der Waals surface area (Å²) in [5.41, 5.74) is 0.671. The van der Waals surface area contributed by atoms with E-state index in [4.69, 9.17) is 0 Å². The fraction of sp³-hybridized carbons (Fsp3) is 0.667. The van der Waals surface area contributed by atoms with Gasteiger partial charge in [0.05, 0.1) is 5.69 Å². The van der Waals surface area contributed by atoms with Gasteiger partial charge in [-0.05, 0) is 0 Å². The molecule has 0 aromatic carbocycles. The molecule has 5 heteroatoms. The largest absolute Gasteiger partial charge is 0.340 e. The molecule has 5 nitrogen and oxygen atoms in total. The minimum absolute atomic E-state index is 0.0709. The van der Waals surface area contributed by atoms with E-state index in [1.165, 1.54) is 0 Å². The van der Waals surface area contributed by atoms with E-state index in [9.17, 15) is 4.79 Å². The van der Waals surface area contributed by atoms with Crippen LogP contribution in [0.2, 0.25) is 0 Å². The van der Waals surface area contributed by atoms with Gasteiger partial charge in [-0.1, -0.05) is 20.8 Å². The van der Waals surface area contributed by atoms with Crippen molar-refractivity contribution in [3.8, 4) is 0 Å². The molecule has 1 aromatic rings. The lowest BCUT2D eigenvalue weighted by atomic mass is 9.92. The molecule has 1 aliphatic heterocycles. The van der Waals surface area contributed by atoms with Gasteiger partial charge in [0.1, 0.15) is 0 Å². The van der Waals surface area contributed by atoms with Gasteiger partial charge in [-0.3, -0.25) is 9.78 Å². The molecule has 0 aliphatic carbocycles. The highest BCUT2D eigenvalue weighted by atomic mass is 16.1. The van der Waals surface area contributed by atoms with Crippen LogP contribution in [0.3, 0.4) is 0 Å². The van der Waals surface area contributed by atoms with Crippen molar-refractivity contribution in [2.45, 2.75) is 26.2 Å².